The van der Waals surface area contributed by atoms with Crippen molar-refractivity contribution in [2.24, 2.45) is 0 Å². The van der Waals surface area contributed by atoms with E-state index in [0.29, 0.717) is 24.3 Å². The number of urea groups is 1. The van der Waals surface area contributed by atoms with Crippen molar-refractivity contribution in [1.29, 1.82) is 0 Å². The highest BCUT2D eigenvalue weighted by atomic mass is 19.1. The number of nitrogens with one attached hydrogen (secondary N) is 2. The van der Waals surface area contributed by atoms with Gasteiger partial charge in [-0.15, -0.1) is 10.2 Å². The van der Waals surface area contributed by atoms with E-state index < -0.39 is 11.8 Å². The van der Waals surface area contributed by atoms with E-state index in [1.54, 1.807) is 36.5 Å². The van der Waals surface area contributed by atoms with Gasteiger partial charge in [0.25, 0.3) is 0 Å². The summed E-state index contributed by atoms with van der Waals surface area (Å²) >= 11 is 0. The highest BCUT2D eigenvalue weighted by Gasteiger charge is 2.22. The van der Waals surface area contributed by atoms with Gasteiger partial charge in [0.2, 0.25) is 0 Å². The van der Waals surface area contributed by atoms with E-state index in [-0.39, 0.29) is 5.69 Å². The molecule has 0 saturated heterocycles. The Morgan fingerprint density at radius 3 is 2.80 bits per heavy atom. The van der Waals surface area contributed by atoms with Crippen LogP contribution in [0.4, 0.5) is 20.6 Å². The van der Waals surface area contributed by atoms with Gasteiger partial charge in [-0.1, -0.05) is 19.1 Å². The molecule has 2 N–H and O–H groups in total. The van der Waals surface area contributed by atoms with Crippen LogP contribution >= 0.6 is 0 Å². The number of hydrogen-bond donors (Lipinski definition) is 2. The fourth-order valence-electron chi connectivity index (χ4n) is 3.53. The van der Waals surface area contributed by atoms with Gasteiger partial charge in [-0.3, -0.25) is 9.88 Å². The summed E-state index contributed by atoms with van der Waals surface area (Å²) in [5.74, 6) is 1.45. The van der Waals surface area contributed by atoms with Crippen molar-refractivity contribution in [1.82, 2.24) is 24.6 Å². The average molecular weight is 409 g/mol. The molecule has 0 unspecified atom stereocenters. The smallest absolute Gasteiger partial charge is 0.313 e. The largest absolute Gasteiger partial charge is 0.323 e. The van der Waals surface area contributed by atoms with E-state index >= 15 is 4.39 Å². The first-order valence-corrected chi connectivity index (χ1v) is 9.95. The molecule has 1 aliphatic heterocycles. The van der Waals surface area contributed by atoms with Crippen molar-refractivity contribution < 1.29 is 9.18 Å². The number of halogens is 1. The summed E-state index contributed by atoms with van der Waals surface area (Å²) in [5.41, 5.74) is 2.05. The standard InChI is InChI=1S/C21H24FN7O/c1-3-18-26-27-19-13-28(9-10-29(18)19)12-15-5-4-6-17(20(15)22)25-21(30)24-16-8-7-14(2)23-11-16/h4-8,11H,3,9-10,12-13H2,1-2H3,(H2,24,25,30). The van der Waals surface area contributed by atoms with E-state index in [1.165, 1.54) is 0 Å². The molecule has 8 nitrogen and oxygen atoms in total. The number of aryl methyl sites for hydroxylation is 2. The first-order chi connectivity index (χ1) is 14.5. The molecule has 3 aromatic rings. The van der Waals surface area contributed by atoms with Crippen LogP contribution < -0.4 is 10.6 Å². The maximum absolute atomic E-state index is 15.0. The monoisotopic (exact) mass is 409 g/mol. The summed E-state index contributed by atoms with van der Waals surface area (Å²) in [4.78, 5) is 18.5. The van der Waals surface area contributed by atoms with Crippen LogP contribution in [0.2, 0.25) is 0 Å². The minimum absolute atomic E-state index is 0.138. The lowest BCUT2D eigenvalue weighted by molar-refractivity contribution is 0.205. The molecule has 4 rings (SSSR count). The maximum Gasteiger partial charge on any atom is 0.323 e. The number of rotatable bonds is 5. The Morgan fingerprint density at radius 2 is 2.03 bits per heavy atom. The number of hydrogen-bond acceptors (Lipinski definition) is 5. The third kappa shape index (κ3) is 4.30. The van der Waals surface area contributed by atoms with Gasteiger partial charge >= 0.3 is 6.03 Å². The summed E-state index contributed by atoms with van der Waals surface area (Å²) in [6.45, 7) is 6.54. The summed E-state index contributed by atoms with van der Waals surface area (Å²) in [7, 11) is 0. The Morgan fingerprint density at radius 1 is 1.17 bits per heavy atom. The van der Waals surface area contributed by atoms with Crippen LogP contribution in [0.3, 0.4) is 0 Å². The Hall–Kier alpha value is -3.33. The van der Waals surface area contributed by atoms with Gasteiger partial charge in [0.1, 0.15) is 11.6 Å². The number of carbonyl (C=O) groups is 1. The average Bonchev–Trinajstić information content (AvgIpc) is 3.15. The quantitative estimate of drug-likeness (QED) is 0.675. The second-order valence-corrected chi connectivity index (χ2v) is 7.29. The topological polar surface area (TPSA) is 88.0 Å². The van der Waals surface area contributed by atoms with Crippen LogP contribution in [-0.2, 0) is 26.1 Å². The molecule has 0 spiro atoms. The predicted octanol–water partition coefficient (Wildman–Crippen LogP) is 3.34. The number of benzene rings is 1. The Bertz CT molecular complexity index is 1050. The normalized spacial score (nSPS) is 13.7. The molecule has 0 saturated carbocycles. The second kappa shape index (κ2) is 8.58. The molecule has 0 fully saturated rings. The van der Waals surface area contributed by atoms with Gasteiger partial charge < -0.3 is 15.2 Å². The second-order valence-electron chi connectivity index (χ2n) is 7.29. The number of nitrogens with zero attached hydrogens (tertiary/aromatic N) is 5. The molecule has 0 radical (unpaired) electrons. The molecule has 2 aromatic heterocycles. The molecule has 9 heteroatoms. The van der Waals surface area contributed by atoms with E-state index in [4.69, 9.17) is 0 Å². The molecule has 2 amide bonds. The number of aromatic nitrogens is 4. The lowest BCUT2D eigenvalue weighted by atomic mass is 10.1. The summed E-state index contributed by atoms with van der Waals surface area (Å²) in [6, 6.07) is 8.04. The van der Waals surface area contributed by atoms with Crippen molar-refractivity contribution in [3.63, 3.8) is 0 Å². The zero-order chi connectivity index (χ0) is 21.1. The molecule has 3 heterocycles. The highest BCUT2D eigenvalue weighted by Crippen LogP contribution is 2.22. The van der Waals surface area contributed by atoms with Gasteiger partial charge in [0.15, 0.2) is 5.82 Å². The Kier molecular flexibility index (Phi) is 5.71. The van der Waals surface area contributed by atoms with E-state index in [1.807, 2.05) is 6.92 Å². The van der Waals surface area contributed by atoms with Crippen LogP contribution in [0.1, 0.15) is 29.8 Å². The molecule has 0 atom stereocenters. The van der Waals surface area contributed by atoms with Crippen molar-refractivity contribution in [3.05, 3.63) is 65.3 Å². The minimum atomic E-state index is -0.519. The SMILES string of the molecule is CCc1nnc2n1CCN(Cc1cccc(NC(=O)Nc3ccc(C)nc3)c1F)C2. The van der Waals surface area contributed by atoms with E-state index in [0.717, 1.165) is 36.9 Å². The number of pyridine rings is 1. The number of anilines is 2. The fraction of sp³-hybridized carbons (Fsp3) is 0.333. The molecule has 1 aromatic carbocycles. The molecule has 30 heavy (non-hydrogen) atoms. The third-order valence-corrected chi connectivity index (χ3v) is 5.12. The molecular weight excluding hydrogens is 385 g/mol. The van der Waals surface area contributed by atoms with Crippen LogP contribution in [-0.4, -0.2) is 37.2 Å². The van der Waals surface area contributed by atoms with Gasteiger partial charge in [-0.25, -0.2) is 9.18 Å². The predicted molar refractivity (Wildman–Crippen MR) is 112 cm³/mol. The zero-order valence-corrected chi connectivity index (χ0v) is 17.0. The van der Waals surface area contributed by atoms with Crippen LogP contribution in [0.25, 0.3) is 0 Å². The van der Waals surface area contributed by atoms with Crippen molar-refractivity contribution in [3.8, 4) is 0 Å². The number of fused-ring (bicyclic) bond motifs is 1. The molecule has 0 aliphatic carbocycles. The zero-order valence-electron chi connectivity index (χ0n) is 17.0. The maximum atomic E-state index is 15.0. The van der Waals surface area contributed by atoms with Gasteiger partial charge in [0.05, 0.1) is 24.1 Å². The molecule has 156 valence electrons. The number of amides is 2. The lowest BCUT2D eigenvalue weighted by Crippen LogP contribution is -2.34. The van der Waals surface area contributed by atoms with Crippen LogP contribution in [0, 0.1) is 12.7 Å². The molecule has 0 bridgehead atoms. The van der Waals surface area contributed by atoms with Gasteiger partial charge in [-0.05, 0) is 25.1 Å². The summed E-state index contributed by atoms with van der Waals surface area (Å²) in [5, 5.41) is 13.7. The fourth-order valence-corrected chi connectivity index (χ4v) is 3.53. The van der Waals surface area contributed by atoms with Crippen molar-refractivity contribution >= 4 is 17.4 Å². The van der Waals surface area contributed by atoms with Gasteiger partial charge in [0, 0.05) is 37.3 Å². The van der Waals surface area contributed by atoms with Crippen LogP contribution in [0.5, 0.6) is 0 Å². The minimum Gasteiger partial charge on any atom is -0.313 e. The van der Waals surface area contributed by atoms with Crippen molar-refractivity contribution in [2.75, 3.05) is 17.2 Å². The third-order valence-electron chi connectivity index (χ3n) is 5.12. The van der Waals surface area contributed by atoms with Crippen molar-refractivity contribution in [2.45, 2.75) is 39.9 Å². The van der Waals surface area contributed by atoms with Gasteiger partial charge in [-0.2, -0.15) is 0 Å². The number of carbonyl (C=O) groups excluding carboxylic acids is 1. The molecular formula is C21H24FN7O. The first kappa shape index (κ1) is 20.0. The van der Waals surface area contributed by atoms with Crippen LogP contribution in [0.15, 0.2) is 36.5 Å². The molecule has 1 aliphatic rings. The Labute approximate surface area is 174 Å². The Balaban J connectivity index is 1.41. The first-order valence-electron chi connectivity index (χ1n) is 9.95. The lowest BCUT2D eigenvalue weighted by Gasteiger charge is -2.28. The highest BCUT2D eigenvalue weighted by molar-refractivity contribution is 5.99. The van der Waals surface area contributed by atoms with E-state index in [2.05, 4.69) is 42.2 Å². The summed E-state index contributed by atoms with van der Waals surface area (Å²) in [6.07, 6.45) is 2.40. The summed E-state index contributed by atoms with van der Waals surface area (Å²) < 4.78 is 17.2. The van der Waals surface area contributed by atoms with E-state index in [9.17, 15) is 4.79 Å².